The lowest BCUT2D eigenvalue weighted by molar-refractivity contribution is 0.529. The summed E-state index contributed by atoms with van der Waals surface area (Å²) in [5, 5.41) is 4.97. The van der Waals surface area contributed by atoms with Gasteiger partial charge in [0.15, 0.2) is 0 Å². The fourth-order valence-corrected chi connectivity index (χ4v) is 3.21. The van der Waals surface area contributed by atoms with Crippen molar-refractivity contribution in [3.05, 3.63) is 51.6 Å². The third-order valence-corrected chi connectivity index (χ3v) is 4.31. The van der Waals surface area contributed by atoms with Crippen LogP contribution in [-0.2, 0) is 13.0 Å². The molecule has 5 heteroatoms. The Morgan fingerprint density at radius 3 is 3.05 bits per heavy atom. The van der Waals surface area contributed by atoms with Crippen molar-refractivity contribution >= 4 is 11.6 Å². The van der Waals surface area contributed by atoms with Crippen molar-refractivity contribution in [3.8, 4) is 0 Å². The van der Waals surface area contributed by atoms with Gasteiger partial charge in [-0.1, -0.05) is 17.7 Å². The molecule has 3 nitrogen and oxygen atoms in total. The van der Waals surface area contributed by atoms with Crippen LogP contribution in [0.15, 0.2) is 18.2 Å². The Hall–Kier alpha value is -1.39. The fourth-order valence-electron chi connectivity index (χ4n) is 2.99. The van der Waals surface area contributed by atoms with Gasteiger partial charge >= 0.3 is 0 Å². The molecule has 1 heterocycles. The Kier molecular flexibility index (Phi) is 3.52. The molecule has 3 rings (SSSR count). The summed E-state index contributed by atoms with van der Waals surface area (Å²) in [5.41, 5.74) is 9.84. The predicted molar refractivity (Wildman–Crippen MR) is 77.3 cm³/mol. The molecule has 1 unspecified atom stereocenters. The molecule has 1 aliphatic rings. The Labute approximate surface area is 122 Å². The van der Waals surface area contributed by atoms with E-state index in [-0.39, 0.29) is 11.9 Å². The number of fused-ring (bicyclic) bond motifs is 1. The molecule has 0 amide bonds. The molecule has 0 aliphatic heterocycles. The summed E-state index contributed by atoms with van der Waals surface area (Å²) in [5.74, 6) is -0.292. The maximum atomic E-state index is 13.9. The zero-order valence-electron chi connectivity index (χ0n) is 11.4. The number of benzene rings is 1. The van der Waals surface area contributed by atoms with Gasteiger partial charge in [0.2, 0.25) is 0 Å². The van der Waals surface area contributed by atoms with Gasteiger partial charge in [-0.25, -0.2) is 4.39 Å². The van der Waals surface area contributed by atoms with Crippen LogP contribution in [0.5, 0.6) is 0 Å². The Balaban J connectivity index is 2.02. The van der Waals surface area contributed by atoms with Crippen LogP contribution in [-0.4, -0.2) is 9.78 Å². The lowest BCUT2D eigenvalue weighted by Gasteiger charge is -2.20. The van der Waals surface area contributed by atoms with Crippen LogP contribution in [0.25, 0.3) is 0 Å². The molecule has 1 aromatic heterocycles. The Bertz CT molecular complexity index is 631. The minimum atomic E-state index is -0.292. The zero-order valence-corrected chi connectivity index (χ0v) is 12.1. The largest absolute Gasteiger partial charge is 0.324 e. The van der Waals surface area contributed by atoms with E-state index in [0.29, 0.717) is 17.1 Å². The van der Waals surface area contributed by atoms with Crippen LogP contribution >= 0.6 is 11.6 Å². The van der Waals surface area contributed by atoms with Gasteiger partial charge in [0, 0.05) is 27.9 Å². The Morgan fingerprint density at radius 2 is 2.30 bits per heavy atom. The van der Waals surface area contributed by atoms with Gasteiger partial charge in [0.05, 0.1) is 12.2 Å². The summed E-state index contributed by atoms with van der Waals surface area (Å²) in [7, 11) is 0. The molecule has 1 aromatic carbocycles. The van der Waals surface area contributed by atoms with Gasteiger partial charge in [0.25, 0.3) is 0 Å². The number of hydrogen-bond acceptors (Lipinski definition) is 2. The van der Waals surface area contributed by atoms with E-state index in [1.807, 2.05) is 11.6 Å². The first kappa shape index (κ1) is 13.6. The number of nitrogens with two attached hydrogens (primary N) is 1. The first-order chi connectivity index (χ1) is 9.58. The summed E-state index contributed by atoms with van der Waals surface area (Å²) < 4.78 is 15.8. The van der Waals surface area contributed by atoms with Gasteiger partial charge in [-0.05, 0) is 38.3 Å². The van der Waals surface area contributed by atoms with Gasteiger partial charge in [-0.2, -0.15) is 5.10 Å². The molecule has 106 valence electrons. The maximum absolute atomic E-state index is 13.9. The summed E-state index contributed by atoms with van der Waals surface area (Å²) >= 11 is 6.09. The van der Waals surface area contributed by atoms with Gasteiger partial charge in [0.1, 0.15) is 5.82 Å². The van der Waals surface area contributed by atoms with Crippen molar-refractivity contribution in [1.29, 1.82) is 0 Å². The smallest absolute Gasteiger partial charge is 0.129 e. The number of rotatable bonds is 2. The molecule has 1 atom stereocenters. The van der Waals surface area contributed by atoms with Gasteiger partial charge in [-0.3, -0.25) is 4.68 Å². The topological polar surface area (TPSA) is 43.8 Å². The number of aromatic nitrogens is 2. The van der Waals surface area contributed by atoms with Crippen LogP contribution in [0.3, 0.4) is 0 Å². The lowest BCUT2D eigenvalue weighted by atomic mass is 9.92. The van der Waals surface area contributed by atoms with Crippen LogP contribution < -0.4 is 5.73 Å². The summed E-state index contributed by atoms with van der Waals surface area (Å²) in [6, 6.07) is 4.79. The quantitative estimate of drug-likeness (QED) is 0.922. The van der Waals surface area contributed by atoms with Crippen molar-refractivity contribution in [2.24, 2.45) is 5.73 Å². The van der Waals surface area contributed by atoms with E-state index in [4.69, 9.17) is 17.3 Å². The van der Waals surface area contributed by atoms with E-state index >= 15 is 0 Å². The Morgan fingerprint density at radius 1 is 1.50 bits per heavy atom. The van der Waals surface area contributed by atoms with E-state index in [0.717, 1.165) is 36.2 Å². The highest BCUT2D eigenvalue weighted by atomic mass is 35.5. The monoisotopic (exact) mass is 293 g/mol. The molecule has 2 aromatic rings. The first-order valence-corrected chi connectivity index (χ1v) is 7.20. The van der Waals surface area contributed by atoms with E-state index in [1.54, 1.807) is 12.1 Å². The van der Waals surface area contributed by atoms with Gasteiger partial charge < -0.3 is 5.73 Å². The maximum Gasteiger partial charge on any atom is 0.129 e. The highest BCUT2D eigenvalue weighted by molar-refractivity contribution is 6.31. The van der Waals surface area contributed by atoms with E-state index < -0.39 is 0 Å². The van der Waals surface area contributed by atoms with Crippen molar-refractivity contribution in [2.75, 3.05) is 0 Å². The standard InChI is InChI=1S/C15H17ClFN3/c1-9-15-13(18)6-3-7-14(15)20(19-9)8-10-11(16)4-2-5-12(10)17/h2,4-5,13H,3,6-8,18H2,1H3. The van der Waals surface area contributed by atoms with E-state index in [1.165, 1.54) is 6.07 Å². The molecule has 0 saturated heterocycles. The van der Waals surface area contributed by atoms with Crippen molar-refractivity contribution in [1.82, 2.24) is 9.78 Å². The molecule has 0 radical (unpaired) electrons. The van der Waals surface area contributed by atoms with Crippen LogP contribution in [0.2, 0.25) is 5.02 Å². The average molecular weight is 294 g/mol. The number of nitrogens with zero attached hydrogens (tertiary/aromatic N) is 2. The third kappa shape index (κ3) is 2.23. The van der Waals surface area contributed by atoms with Crippen LogP contribution in [0, 0.1) is 12.7 Å². The molecule has 0 fully saturated rings. The minimum absolute atomic E-state index is 0.0450. The lowest BCUT2D eigenvalue weighted by Crippen LogP contribution is -2.19. The summed E-state index contributed by atoms with van der Waals surface area (Å²) in [6.07, 6.45) is 2.97. The molecule has 0 saturated carbocycles. The van der Waals surface area contributed by atoms with Gasteiger partial charge in [-0.15, -0.1) is 0 Å². The summed E-state index contributed by atoms with van der Waals surface area (Å²) in [6.45, 7) is 2.32. The second-order valence-electron chi connectivity index (χ2n) is 5.30. The fraction of sp³-hybridized carbons (Fsp3) is 0.400. The van der Waals surface area contributed by atoms with Crippen LogP contribution in [0.1, 0.15) is 41.4 Å². The highest BCUT2D eigenvalue weighted by Crippen LogP contribution is 2.31. The predicted octanol–water partition coefficient (Wildman–Crippen LogP) is 3.37. The molecule has 1 aliphatic carbocycles. The number of hydrogen-bond donors (Lipinski definition) is 1. The normalized spacial score (nSPS) is 18.1. The molecule has 0 bridgehead atoms. The minimum Gasteiger partial charge on any atom is -0.324 e. The molecular formula is C15H17ClFN3. The van der Waals surface area contributed by atoms with Crippen molar-refractivity contribution in [2.45, 2.75) is 38.8 Å². The third-order valence-electron chi connectivity index (χ3n) is 3.95. The first-order valence-electron chi connectivity index (χ1n) is 6.82. The van der Waals surface area contributed by atoms with Crippen molar-refractivity contribution in [3.63, 3.8) is 0 Å². The highest BCUT2D eigenvalue weighted by Gasteiger charge is 2.25. The molecule has 0 spiro atoms. The SMILES string of the molecule is Cc1nn(Cc2c(F)cccc2Cl)c2c1C(N)CCC2. The molecule has 2 N–H and O–H groups in total. The molecule has 20 heavy (non-hydrogen) atoms. The van der Waals surface area contributed by atoms with Crippen LogP contribution in [0.4, 0.5) is 4.39 Å². The average Bonchev–Trinajstić information content (AvgIpc) is 2.72. The number of aryl methyl sites for hydroxylation is 1. The second-order valence-corrected chi connectivity index (χ2v) is 5.71. The zero-order chi connectivity index (χ0) is 14.3. The van der Waals surface area contributed by atoms with Crippen molar-refractivity contribution < 1.29 is 4.39 Å². The number of halogens is 2. The second kappa shape index (κ2) is 5.19. The summed E-state index contributed by atoms with van der Waals surface area (Å²) in [4.78, 5) is 0. The van der Waals surface area contributed by atoms with E-state index in [2.05, 4.69) is 5.10 Å². The van der Waals surface area contributed by atoms with E-state index in [9.17, 15) is 4.39 Å². The molecular weight excluding hydrogens is 277 g/mol.